The van der Waals surface area contributed by atoms with E-state index in [4.69, 9.17) is 9.47 Å². The van der Waals surface area contributed by atoms with Gasteiger partial charge in [-0.3, -0.25) is 4.79 Å². The Labute approximate surface area is 143 Å². The molecule has 4 nitrogen and oxygen atoms in total. The number of ether oxygens (including phenoxy) is 2. The van der Waals surface area contributed by atoms with Crippen molar-refractivity contribution >= 4 is 27.8 Å². The van der Waals surface area contributed by atoms with Crippen molar-refractivity contribution in [2.24, 2.45) is 0 Å². The van der Waals surface area contributed by atoms with E-state index in [-0.39, 0.29) is 11.4 Å². The first-order valence-electron chi connectivity index (χ1n) is 6.73. The molecule has 0 bridgehead atoms. The van der Waals surface area contributed by atoms with Crippen LogP contribution in [0.1, 0.15) is 15.9 Å². The van der Waals surface area contributed by atoms with Gasteiger partial charge in [0.2, 0.25) is 5.78 Å². The molecule has 2 rings (SSSR count). The van der Waals surface area contributed by atoms with Gasteiger partial charge in [-0.05, 0) is 51.8 Å². The van der Waals surface area contributed by atoms with E-state index in [1.165, 1.54) is 7.11 Å². The minimum Gasteiger partial charge on any atom is -0.497 e. The van der Waals surface area contributed by atoms with E-state index < -0.39 is 0 Å². The SMILES string of the molecule is COc1cccc(C(=O)/C(C#N)=C/c2ccc(OC)c(Br)c2)c1. The second-order valence-corrected chi connectivity index (χ2v) is 5.48. The number of rotatable bonds is 5. The van der Waals surface area contributed by atoms with E-state index in [9.17, 15) is 10.1 Å². The lowest BCUT2D eigenvalue weighted by Gasteiger charge is -2.05. The molecule has 0 saturated carbocycles. The van der Waals surface area contributed by atoms with Crippen molar-refractivity contribution in [3.05, 3.63) is 63.6 Å². The maximum absolute atomic E-state index is 12.5. The van der Waals surface area contributed by atoms with Gasteiger partial charge in [0.25, 0.3) is 0 Å². The van der Waals surface area contributed by atoms with E-state index in [0.29, 0.717) is 17.1 Å². The third-order valence-electron chi connectivity index (χ3n) is 3.18. The highest BCUT2D eigenvalue weighted by Gasteiger charge is 2.13. The number of benzene rings is 2. The van der Waals surface area contributed by atoms with Crippen LogP contribution >= 0.6 is 15.9 Å². The smallest absolute Gasteiger partial charge is 0.203 e. The number of halogens is 1. The summed E-state index contributed by atoms with van der Waals surface area (Å²) < 4.78 is 11.0. The predicted octanol–water partition coefficient (Wildman–Crippen LogP) is 4.26. The highest BCUT2D eigenvalue weighted by atomic mass is 79.9. The number of nitrogens with zero attached hydrogens (tertiary/aromatic N) is 1. The quantitative estimate of drug-likeness (QED) is 0.447. The number of hydrogen-bond acceptors (Lipinski definition) is 4. The third-order valence-corrected chi connectivity index (χ3v) is 3.80. The van der Waals surface area contributed by atoms with Gasteiger partial charge in [0.1, 0.15) is 23.1 Å². The van der Waals surface area contributed by atoms with Crippen LogP contribution in [-0.2, 0) is 0 Å². The number of hydrogen-bond donors (Lipinski definition) is 0. The number of nitriles is 1. The summed E-state index contributed by atoms with van der Waals surface area (Å²) in [5.74, 6) is 0.901. The summed E-state index contributed by atoms with van der Waals surface area (Å²) >= 11 is 3.38. The lowest BCUT2D eigenvalue weighted by atomic mass is 10.0. The Morgan fingerprint density at radius 1 is 1.17 bits per heavy atom. The van der Waals surface area contributed by atoms with Crippen molar-refractivity contribution in [2.75, 3.05) is 14.2 Å². The number of allylic oxidation sites excluding steroid dienone is 1. The fourth-order valence-electron chi connectivity index (χ4n) is 2.01. The van der Waals surface area contributed by atoms with Crippen molar-refractivity contribution in [3.8, 4) is 17.6 Å². The fraction of sp³-hybridized carbons (Fsp3) is 0.111. The predicted molar refractivity (Wildman–Crippen MR) is 91.6 cm³/mol. The maximum Gasteiger partial charge on any atom is 0.203 e. The van der Waals surface area contributed by atoms with Crippen LogP contribution in [0.25, 0.3) is 6.08 Å². The van der Waals surface area contributed by atoms with Gasteiger partial charge < -0.3 is 9.47 Å². The molecule has 2 aromatic carbocycles. The van der Waals surface area contributed by atoms with Gasteiger partial charge in [-0.15, -0.1) is 0 Å². The third kappa shape index (κ3) is 3.99. The first-order valence-corrected chi connectivity index (χ1v) is 7.52. The van der Waals surface area contributed by atoms with Gasteiger partial charge >= 0.3 is 0 Å². The van der Waals surface area contributed by atoms with E-state index in [1.807, 2.05) is 6.07 Å². The van der Waals surface area contributed by atoms with Crippen molar-refractivity contribution in [1.82, 2.24) is 0 Å². The highest BCUT2D eigenvalue weighted by molar-refractivity contribution is 9.10. The van der Waals surface area contributed by atoms with Gasteiger partial charge in [0.05, 0.1) is 18.7 Å². The van der Waals surface area contributed by atoms with Crippen LogP contribution in [0, 0.1) is 11.3 Å². The van der Waals surface area contributed by atoms with Crippen molar-refractivity contribution < 1.29 is 14.3 Å². The Morgan fingerprint density at radius 2 is 1.96 bits per heavy atom. The number of carbonyl (C=O) groups is 1. The van der Waals surface area contributed by atoms with Crippen molar-refractivity contribution in [3.63, 3.8) is 0 Å². The molecule has 0 heterocycles. The molecule has 23 heavy (non-hydrogen) atoms. The summed E-state index contributed by atoms with van der Waals surface area (Å²) in [6.45, 7) is 0. The summed E-state index contributed by atoms with van der Waals surface area (Å²) in [5, 5.41) is 9.31. The second kappa shape index (κ2) is 7.61. The van der Waals surface area contributed by atoms with Crippen LogP contribution < -0.4 is 9.47 Å². The van der Waals surface area contributed by atoms with E-state index in [1.54, 1.807) is 55.7 Å². The number of methoxy groups -OCH3 is 2. The lowest BCUT2D eigenvalue weighted by Crippen LogP contribution is -2.02. The molecule has 0 atom stereocenters. The zero-order chi connectivity index (χ0) is 16.8. The van der Waals surface area contributed by atoms with Gasteiger partial charge in [0, 0.05) is 5.56 Å². The molecule has 5 heteroatoms. The molecular formula is C18H14BrNO3. The Kier molecular flexibility index (Phi) is 5.56. The molecule has 116 valence electrons. The van der Waals surface area contributed by atoms with Crippen LogP contribution in [0.4, 0.5) is 0 Å². The van der Waals surface area contributed by atoms with Gasteiger partial charge in [-0.25, -0.2) is 0 Å². The molecule has 0 radical (unpaired) electrons. The van der Waals surface area contributed by atoms with Crippen molar-refractivity contribution in [2.45, 2.75) is 0 Å². The normalized spacial score (nSPS) is 10.8. The molecule has 0 aliphatic carbocycles. The Morgan fingerprint density at radius 3 is 2.57 bits per heavy atom. The van der Waals surface area contributed by atoms with Crippen LogP contribution in [0.5, 0.6) is 11.5 Å². The number of Topliss-reactive ketones (excluding diaryl/α,β-unsaturated/α-hetero) is 1. The zero-order valence-electron chi connectivity index (χ0n) is 12.7. The van der Waals surface area contributed by atoms with Crippen molar-refractivity contribution in [1.29, 1.82) is 5.26 Å². The van der Waals surface area contributed by atoms with Crippen LogP contribution in [0.15, 0.2) is 52.5 Å². The molecular weight excluding hydrogens is 358 g/mol. The molecule has 0 N–H and O–H groups in total. The topological polar surface area (TPSA) is 59.3 Å². The first kappa shape index (κ1) is 16.8. The summed E-state index contributed by atoms with van der Waals surface area (Å²) in [6.07, 6.45) is 1.55. The van der Waals surface area contributed by atoms with Gasteiger partial charge in [-0.2, -0.15) is 5.26 Å². The molecule has 0 aromatic heterocycles. The molecule has 0 unspecified atom stereocenters. The van der Waals surface area contributed by atoms with Gasteiger partial charge in [-0.1, -0.05) is 18.2 Å². The Hall–Kier alpha value is -2.58. The molecule has 0 aliphatic heterocycles. The first-order chi connectivity index (χ1) is 11.1. The van der Waals surface area contributed by atoms with Gasteiger partial charge in [0.15, 0.2) is 0 Å². The monoisotopic (exact) mass is 371 g/mol. The van der Waals surface area contributed by atoms with Crippen LogP contribution in [0.2, 0.25) is 0 Å². The summed E-state index contributed by atoms with van der Waals surface area (Å²) in [4.78, 5) is 12.5. The average Bonchev–Trinajstić information content (AvgIpc) is 2.59. The summed E-state index contributed by atoms with van der Waals surface area (Å²) in [7, 11) is 3.10. The molecule has 0 spiro atoms. The fourth-order valence-corrected chi connectivity index (χ4v) is 2.57. The Balaban J connectivity index is 2.36. The van der Waals surface area contributed by atoms with Crippen LogP contribution in [-0.4, -0.2) is 20.0 Å². The number of carbonyl (C=O) groups excluding carboxylic acids is 1. The molecule has 0 aliphatic rings. The molecule has 0 saturated heterocycles. The molecule has 2 aromatic rings. The summed E-state index contributed by atoms with van der Waals surface area (Å²) in [5.41, 5.74) is 1.19. The second-order valence-electron chi connectivity index (χ2n) is 4.62. The van der Waals surface area contributed by atoms with E-state index in [0.717, 1.165) is 10.0 Å². The van der Waals surface area contributed by atoms with E-state index >= 15 is 0 Å². The Bertz CT molecular complexity index is 806. The van der Waals surface area contributed by atoms with E-state index in [2.05, 4.69) is 15.9 Å². The molecule has 0 amide bonds. The largest absolute Gasteiger partial charge is 0.497 e. The lowest BCUT2D eigenvalue weighted by molar-refractivity contribution is 0.103. The average molecular weight is 372 g/mol. The highest BCUT2D eigenvalue weighted by Crippen LogP contribution is 2.27. The minimum absolute atomic E-state index is 0.0512. The zero-order valence-corrected chi connectivity index (χ0v) is 14.3. The molecule has 0 fully saturated rings. The minimum atomic E-state index is -0.349. The summed E-state index contributed by atoms with van der Waals surface area (Å²) in [6, 6.07) is 14.0. The number of ketones is 1. The van der Waals surface area contributed by atoms with Crippen LogP contribution in [0.3, 0.4) is 0 Å². The maximum atomic E-state index is 12.5. The standard InChI is InChI=1S/C18H14BrNO3/c1-22-15-5-3-4-13(10-15)18(21)14(11-20)8-12-6-7-17(23-2)16(19)9-12/h3-10H,1-2H3/b14-8+.